The molecule has 0 aromatic rings. The van der Waals surface area contributed by atoms with Gasteiger partial charge in [0.05, 0.1) is 6.61 Å². The summed E-state index contributed by atoms with van der Waals surface area (Å²) in [6.45, 7) is 4.07. The molecule has 0 rings (SSSR count). The minimum atomic E-state index is -0.123. The summed E-state index contributed by atoms with van der Waals surface area (Å²) in [6.07, 6.45) is 0.480. The molecule has 0 unspecified atom stereocenters. The first-order valence-electron chi connectivity index (χ1n) is 3.17. The number of ether oxygens (including phenoxy) is 1. The molecule has 0 amide bonds. The van der Waals surface area contributed by atoms with E-state index in [1.807, 2.05) is 26.8 Å². The first kappa shape index (κ1) is 16.9. The molecule has 0 atom stereocenters. The van der Waals surface area contributed by atoms with Crippen LogP contribution in [0.2, 0.25) is 5.05 Å². The summed E-state index contributed by atoms with van der Waals surface area (Å²) >= 11 is 1.86. The van der Waals surface area contributed by atoms with Crippen molar-refractivity contribution in [1.29, 1.82) is 0 Å². The Bertz CT molecular complexity index is 68.8. The second-order valence-corrected chi connectivity index (χ2v) is 1.16. The SMILES string of the molecule is CCOC(=O)CC.[CH3][Mg+].[Cl-]. The monoisotopic (exact) mass is 176 g/mol. The molecule has 0 saturated carbocycles. The molecule has 10 heavy (non-hydrogen) atoms. The van der Waals surface area contributed by atoms with Gasteiger partial charge in [-0.25, -0.2) is 0 Å². The van der Waals surface area contributed by atoms with E-state index in [1.54, 1.807) is 13.8 Å². The minimum absolute atomic E-state index is 0. The van der Waals surface area contributed by atoms with Crippen LogP contribution < -0.4 is 12.4 Å². The van der Waals surface area contributed by atoms with Gasteiger partial charge in [0.25, 0.3) is 0 Å². The molecule has 0 fully saturated rings. The van der Waals surface area contributed by atoms with Crippen LogP contribution in [-0.4, -0.2) is 34.3 Å². The van der Waals surface area contributed by atoms with Crippen molar-refractivity contribution in [2.75, 3.05) is 6.61 Å². The van der Waals surface area contributed by atoms with E-state index in [9.17, 15) is 4.79 Å². The van der Waals surface area contributed by atoms with Gasteiger partial charge in [0.15, 0.2) is 0 Å². The number of carbonyl (C=O) groups is 1. The Morgan fingerprint density at radius 3 is 1.90 bits per heavy atom. The standard InChI is InChI=1S/C5H10O2.CH3.ClH.Mg/c1-3-5(6)7-4-2;;;/h3-4H2,1-2H3;1H3;1H;/q;;;+1/p-1. The number of esters is 1. The van der Waals surface area contributed by atoms with Crippen LogP contribution in [0.25, 0.3) is 0 Å². The van der Waals surface area contributed by atoms with Crippen molar-refractivity contribution in [1.82, 2.24) is 0 Å². The van der Waals surface area contributed by atoms with Crippen molar-refractivity contribution in [3.8, 4) is 0 Å². The van der Waals surface area contributed by atoms with Gasteiger partial charge in [-0.3, -0.25) is 4.79 Å². The molecule has 0 bridgehead atoms. The van der Waals surface area contributed by atoms with Crippen LogP contribution in [0, 0.1) is 0 Å². The summed E-state index contributed by atoms with van der Waals surface area (Å²) in [4.78, 5) is 10.2. The molecule has 58 valence electrons. The summed E-state index contributed by atoms with van der Waals surface area (Å²) in [6, 6.07) is 0. The number of hydrogen-bond acceptors (Lipinski definition) is 2. The molecule has 0 radical (unpaired) electrons. The van der Waals surface area contributed by atoms with E-state index in [0.717, 1.165) is 0 Å². The zero-order valence-corrected chi connectivity index (χ0v) is 8.99. The van der Waals surface area contributed by atoms with E-state index in [0.29, 0.717) is 13.0 Å². The van der Waals surface area contributed by atoms with Crippen molar-refractivity contribution in [3.05, 3.63) is 0 Å². The maximum absolute atomic E-state index is 10.2. The van der Waals surface area contributed by atoms with Gasteiger partial charge >= 0.3 is 32.7 Å². The second kappa shape index (κ2) is 16.3. The zero-order chi connectivity index (χ0) is 7.70. The van der Waals surface area contributed by atoms with E-state index < -0.39 is 0 Å². The quantitative estimate of drug-likeness (QED) is 0.366. The molecule has 0 aromatic heterocycles. The average molecular weight is 177 g/mol. The Balaban J connectivity index is -0.000000149. The summed E-state index contributed by atoms with van der Waals surface area (Å²) < 4.78 is 4.55. The molecule has 0 N–H and O–H groups in total. The van der Waals surface area contributed by atoms with Gasteiger partial charge in [0.2, 0.25) is 0 Å². The smallest absolute Gasteiger partial charge is 1.00 e. The Labute approximate surface area is 81.6 Å². The summed E-state index contributed by atoms with van der Waals surface area (Å²) in [5.41, 5.74) is 0. The number of carbonyl (C=O) groups excluding carboxylic acids is 1. The normalized spacial score (nSPS) is 6.50. The van der Waals surface area contributed by atoms with Crippen LogP contribution in [0.4, 0.5) is 0 Å². The van der Waals surface area contributed by atoms with Crippen LogP contribution in [-0.2, 0) is 9.53 Å². The predicted octanol–water partition coefficient (Wildman–Crippen LogP) is -1.83. The van der Waals surface area contributed by atoms with Gasteiger partial charge in [0, 0.05) is 6.42 Å². The van der Waals surface area contributed by atoms with Crippen molar-refractivity contribution in [2.45, 2.75) is 25.3 Å². The van der Waals surface area contributed by atoms with Gasteiger partial charge < -0.3 is 17.1 Å². The van der Waals surface area contributed by atoms with Crippen LogP contribution in [0.5, 0.6) is 0 Å². The van der Waals surface area contributed by atoms with Gasteiger partial charge in [0.1, 0.15) is 0 Å². The molecule has 4 heteroatoms. The van der Waals surface area contributed by atoms with Crippen LogP contribution >= 0.6 is 0 Å². The zero-order valence-electron chi connectivity index (χ0n) is 6.82. The fraction of sp³-hybridized carbons (Fsp3) is 0.833. The van der Waals surface area contributed by atoms with Crippen LogP contribution in [0.3, 0.4) is 0 Å². The van der Waals surface area contributed by atoms with E-state index in [4.69, 9.17) is 0 Å². The first-order chi connectivity index (χ1) is 4.31. The van der Waals surface area contributed by atoms with Crippen LogP contribution in [0.15, 0.2) is 0 Å². The Kier molecular flexibility index (Phi) is 27.4. The summed E-state index contributed by atoms with van der Waals surface area (Å²) in [5, 5.41) is 2.03. The fourth-order valence-corrected chi connectivity index (χ4v) is 0.263. The molecule has 0 aliphatic rings. The maximum Gasteiger partial charge on any atom is -1.00 e. The van der Waals surface area contributed by atoms with E-state index in [-0.39, 0.29) is 18.4 Å². The first-order valence-corrected chi connectivity index (χ1v) is 4.59. The molecule has 0 heterocycles. The van der Waals surface area contributed by atoms with E-state index >= 15 is 0 Å². The van der Waals surface area contributed by atoms with Gasteiger partial charge in [-0.2, -0.15) is 0 Å². The molecule has 0 spiro atoms. The molecule has 0 aromatic carbocycles. The Hall–Kier alpha value is 0.526. The van der Waals surface area contributed by atoms with Crippen molar-refractivity contribution >= 4 is 27.7 Å². The topological polar surface area (TPSA) is 26.3 Å². The van der Waals surface area contributed by atoms with Gasteiger partial charge in [-0.15, -0.1) is 0 Å². The minimum Gasteiger partial charge on any atom is -1.00 e. The third-order valence-corrected chi connectivity index (χ3v) is 0.594. The summed E-state index contributed by atoms with van der Waals surface area (Å²) in [7, 11) is 0. The largest absolute Gasteiger partial charge is 1.00 e. The maximum atomic E-state index is 10.2. The molecule has 0 saturated heterocycles. The van der Waals surface area contributed by atoms with Crippen molar-refractivity contribution < 1.29 is 21.9 Å². The van der Waals surface area contributed by atoms with Crippen molar-refractivity contribution in [3.63, 3.8) is 0 Å². The molecular formula is C6H13ClMgO2. The fourth-order valence-electron chi connectivity index (χ4n) is 0.263. The number of halogens is 1. The Morgan fingerprint density at radius 1 is 1.40 bits per heavy atom. The average Bonchev–Trinajstić information content (AvgIpc) is 1.93. The third-order valence-electron chi connectivity index (χ3n) is 0.594. The molecule has 0 aliphatic carbocycles. The van der Waals surface area contributed by atoms with E-state index in [2.05, 4.69) is 4.74 Å². The molecule has 0 aliphatic heterocycles. The third kappa shape index (κ3) is 15.8. The second-order valence-electron chi connectivity index (χ2n) is 1.16. The number of hydrogen-bond donors (Lipinski definition) is 0. The van der Waals surface area contributed by atoms with Gasteiger partial charge in [-0.05, 0) is 6.92 Å². The number of rotatable bonds is 2. The van der Waals surface area contributed by atoms with Crippen molar-refractivity contribution in [2.24, 2.45) is 0 Å². The predicted molar refractivity (Wildman–Crippen MR) is 38.5 cm³/mol. The van der Waals surface area contributed by atoms with Crippen LogP contribution in [0.1, 0.15) is 20.3 Å². The van der Waals surface area contributed by atoms with Gasteiger partial charge in [-0.1, -0.05) is 6.92 Å². The Morgan fingerprint density at radius 2 is 1.80 bits per heavy atom. The molecule has 2 nitrogen and oxygen atoms in total. The van der Waals surface area contributed by atoms with E-state index in [1.165, 1.54) is 0 Å². The summed E-state index contributed by atoms with van der Waals surface area (Å²) in [5.74, 6) is -0.123. The molecular weight excluding hydrogens is 164 g/mol.